The van der Waals surface area contributed by atoms with Crippen LogP contribution < -0.4 is 5.32 Å². The molecular formula is C14H21N3O3S. The Morgan fingerprint density at radius 1 is 1.62 bits per heavy atom. The Balaban J connectivity index is 1.88. The fourth-order valence-electron chi connectivity index (χ4n) is 2.04. The fourth-order valence-corrected chi connectivity index (χ4v) is 2.39. The Morgan fingerprint density at radius 3 is 3.14 bits per heavy atom. The molecule has 116 valence electrons. The van der Waals surface area contributed by atoms with E-state index in [1.807, 2.05) is 13.2 Å². The molecule has 1 aromatic heterocycles. The molecule has 0 radical (unpaired) electrons. The molecule has 0 aliphatic carbocycles. The lowest BCUT2D eigenvalue weighted by Gasteiger charge is -2.24. The van der Waals surface area contributed by atoms with Gasteiger partial charge in [-0.3, -0.25) is 4.79 Å². The van der Waals surface area contributed by atoms with Crippen LogP contribution in [0.15, 0.2) is 11.4 Å². The van der Waals surface area contributed by atoms with Gasteiger partial charge in [0.05, 0.1) is 12.2 Å². The topological polar surface area (TPSA) is 73.3 Å². The summed E-state index contributed by atoms with van der Waals surface area (Å²) in [4.78, 5) is 19.4. The molecule has 1 unspecified atom stereocenters. The highest BCUT2D eigenvalue weighted by Gasteiger charge is 2.16. The zero-order valence-corrected chi connectivity index (χ0v) is 13.2. The summed E-state index contributed by atoms with van der Waals surface area (Å²) < 4.78 is 11.3. The fraction of sp³-hybridized carbons (Fsp3) is 0.643. The first kappa shape index (κ1) is 16.2. The predicted octanol–water partition coefficient (Wildman–Crippen LogP) is 2.35. The molecule has 6 nitrogen and oxygen atoms in total. The average molecular weight is 311 g/mol. The smallest absolute Gasteiger partial charge is 0.189 e. The number of carbonyl (C=O) groups is 1. The van der Waals surface area contributed by atoms with E-state index in [1.165, 1.54) is 18.0 Å². The van der Waals surface area contributed by atoms with E-state index in [0.29, 0.717) is 23.1 Å². The lowest BCUT2D eigenvalue weighted by Crippen LogP contribution is -2.29. The van der Waals surface area contributed by atoms with E-state index in [9.17, 15) is 4.79 Å². The van der Waals surface area contributed by atoms with Crippen LogP contribution in [-0.4, -0.2) is 48.1 Å². The summed E-state index contributed by atoms with van der Waals surface area (Å²) in [5.74, 6) is 0.546. The summed E-state index contributed by atoms with van der Waals surface area (Å²) in [7, 11) is 0. The van der Waals surface area contributed by atoms with Crippen molar-refractivity contribution < 1.29 is 14.3 Å². The molecule has 1 N–H and O–H groups in total. The molecule has 21 heavy (non-hydrogen) atoms. The van der Waals surface area contributed by atoms with Crippen molar-refractivity contribution in [1.29, 1.82) is 0 Å². The summed E-state index contributed by atoms with van der Waals surface area (Å²) in [5, 5.41) is 3.83. The maximum atomic E-state index is 11.0. The van der Waals surface area contributed by atoms with E-state index in [1.54, 1.807) is 0 Å². The SMILES string of the molecule is CSc1ncc(C=O)c(N[C@@H](C)COC2CCCCO2)n1. The first-order valence-electron chi connectivity index (χ1n) is 7.09. The predicted molar refractivity (Wildman–Crippen MR) is 81.8 cm³/mol. The minimum atomic E-state index is -0.110. The van der Waals surface area contributed by atoms with Crippen molar-refractivity contribution >= 4 is 23.9 Å². The monoisotopic (exact) mass is 311 g/mol. The summed E-state index contributed by atoms with van der Waals surface area (Å²) in [5.41, 5.74) is 0.452. The second-order valence-corrected chi connectivity index (χ2v) is 5.73. The third-order valence-electron chi connectivity index (χ3n) is 3.16. The second kappa shape index (κ2) is 8.31. The van der Waals surface area contributed by atoms with Gasteiger partial charge in [-0.25, -0.2) is 9.97 Å². The van der Waals surface area contributed by atoms with Crippen LogP contribution >= 0.6 is 11.8 Å². The van der Waals surface area contributed by atoms with Gasteiger partial charge in [-0.15, -0.1) is 0 Å². The molecule has 1 fully saturated rings. The largest absolute Gasteiger partial charge is 0.365 e. The van der Waals surface area contributed by atoms with Crippen LogP contribution in [0.3, 0.4) is 0 Å². The van der Waals surface area contributed by atoms with Gasteiger partial charge in [-0.05, 0) is 32.4 Å². The van der Waals surface area contributed by atoms with Gasteiger partial charge in [0.25, 0.3) is 0 Å². The minimum absolute atomic E-state index is 0.0267. The molecule has 2 heterocycles. The Bertz CT molecular complexity index is 467. The minimum Gasteiger partial charge on any atom is -0.365 e. The number of thioether (sulfide) groups is 1. The number of aromatic nitrogens is 2. The van der Waals surface area contributed by atoms with E-state index in [4.69, 9.17) is 9.47 Å². The van der Waals surface area contributed by atoms with E-state index < -0.39 is 0 Å². The van der Waals surface area contributed by atoms with Crippen molar-refractivity contribution in [1.82, 2.24) is 9.97 Å². The summed E-state index contributed by atoms with van der Waals surface area (Å²) in [6, 6.07) is 0.0267. The highest BCUT2D eigenvalue weighted by Crippen LogP contribution is 2.17. The third kappa shape index (κ3) is 4.94. The number of hydrogen-bond donors (Lipinski definition) is 1. The Morgan fingerprint density at radius 2 is 2.48 bits per heavy atom. The Kier molecular flexibility index (Phi) is 6.41. The van der Waals surface area contributed by atoms with Crippen molar-refractivity contribution in [2.75, 3.05) is 24.8 Å². The van der Waals surface area contributed by atoms with Crippen molar-refractivity contribution in [3.63, 3.8) is 0 Å². The van der Waals surface area contributed by atoms with Crippen LogP contribution in [0.1, 0.15) is 36.5 Å². The van der Waals surface area contributed by atoms with Crippen molar-refractivity contribution in [2.45, 2.75) is 43.7 Å². The number of rotatable bonds is 7. The summed E-state index contributed by atoms with van der Waals surface area (Å²) >= 11 is 1.44. The van der Waals surface area contributed by atoms with E-state index >= 15 is 0 Å². The van der Waals surface area contributed by atoms with Gasteiger partial charge < -0.3 is 14.8 Å². The van der Waals surface area contributed by atoms with Crippen LogP contribution in [0.2, 0.25) is 0 Å². The number of anilines is 1. The zero-order valence-electron chi connectivity index (χ0n) is 12.4. The van der Waals surface area contributed by atoms with Crippen LogP contribution in [-0.2, 0) is 9.47 Å². The van der Waals surface area contributed by atoms with Crippen LogP contribution in [0.25, 0.3) is 0 Å². The molecule has 0 bridgehead atoms. The summed E-state index contributed by atoms with van der Waals surface area (Å²) in [6.45, 7) is 3.25. The van der Waals surface area contributed by atoms with Crippen molar-refractivity contribution in [3.05, 3.63) is 11.8 Å². The average Bonchev–Trinajstić information content (AvgIpc) is 2.54. The van der Waals surface area contributed by atoms with Gasteiger partial charge in [0.15, 0.2) is 17.7 Å². The number of aldehydes is 1. The quantitative estimate of drug-likeness (QED) is 0.471. The summed E-state index contributed by atoms with van der Waals surface area (Å²) in [6.07, 6.45) is 7.26. The van der Waals surface area contributed by atoms with Gasteiger partial charge in [0.2, 0.25) is 0 Å². The molecule has 1 aliphatic heterocycles. The molecule has 0 saturated carbocycles. The van der Waals surface area contributed by atoms with Gasteiger partial charge in [-0.1, -0.05) is 11.8 Å². The van der Waals surface area contributed by atoms with Crippen molar-refractivity contribution in [3.8, 4) is 0 Å². The third-order valence-corrected chi connectivity index (χ3v) is 3.72. The first-order valence-corrected chi connectivity index (χ1v) is 8.31. The lowest BCUT2D eigenvalue weighted by atomic mass is 10.2. The van der Waals surface area contributed by atoms with Gasteiger partial charge in [0, 0.05) is 18.8 Å². The number of ether oxygens (including phenoxy) is 2. The van der Waals surface area contributed by atoms with E-state index in [-0.39, 0.29) is 12.3 Å². The maximum absolute atomic E-state index is 11.0. The molecule has 1 saturated heterocycles. The van der Waals surface area contributed by atoms with Crippen LogP contribution in [0, 0.1) is 0 Å². The molecule has 0 aromatic carbocycles. The molecule has 1 aliphatic rings. The molecule has 1 aromatic rings. The van der Waals surface area contributed by atoms with Gasteiger partial charge >= 0.3 is 0 Å². The maximum Gasteiger partial charge on any atom is 0.189 e. The molecule has 7 heteroatoms. The molecule has 2 atom stereocenters. The highest BCUT2D eigenvalue weighted by molar-refractivity contribution is 7.98. The first-order chi connectivity index (χ1) is 10.2. The molecular weight excluding hydrogens is 290 g/mol. The normalized spacial score (nSPS) is 20.0. The zero-order chi connectivity index (χ0) is 15.1. The Labute approximate surface area is 129 Å². The number of nitrogens with zero attached hydrogens (tertiary/aromatic N) is 2. The van der Waals surface area contributed by atoms with Crippen LogP contribution in [0.4, 0.5) is 5.82 Å². The lowest BCUT2D eigenvalue weighted by molar-refractivity contribution is -0.163. The van der Waals surface area contributed by atoms with Gasteiger partial charge in [0.1, 0.15) is 5.82 Å². The van der Waals surface area contributed by atoms with E-state index in [2.05, 4.69) is 15.3 Å². The number of hydrogen-bond acceptors (Lipinski definition) is 7. The van der Waals surface area contributed by atoms with Crippen molar-refractivity contribution in [2.24, 2.45) is 0 Å². The second-order valence-electron chi connectivity index (χ2n) is 4.95. The standard InChI is InChI=1S/C14H21N3O3S/c1-10(9-20-12-5-3-4-6-19-12)16-13-11(8-18)7-15-14(17-13)21-2/h7-8,10,12H,3-6,9H2,1-2H3,(H,15,16,17)/t10-,12?/m0/s1. The number of nitrogens with one attached hydrogen (secondary N) is 1. The highest BCUT2D eigenvalue weighted by atomic mass is 32.2. The molecule has 0 spiro atoms. The molecule has 2 rings (SSSR count). The number of carbonyl (C=O) groups excluding carboxylic acids is 1. The van der Waals surface area contributed by atoms with Crippen LogP contribution in [0.5, 0.6) is 0 Å². The Hall–Kier alpha value is -1.18. The van der Waals surface area contributed by atoms with Gasteiger partial charge in [-0.2, -0.15) is 0 Å². The molecule has 0 amide bonds. The van der Waals surface area contributed by atoms with E-state index in [0.717, 1.165) is 32.2 Å².